The van der Waals surface area contributed by atoms with Crippen LogP contribution >= 0.6 is 12.6 Å². The van der Waals surface area contributed by atoms with Crippen LogP contribution in [0.1, 0.15) is 12.6 Å². The molecule has 22 heavy (non-hydrogen) atoms. The number of aliphatic hydroxyl groups is 1. The van der Waals surface area contributed by atoms with Gasteiger partial charge in [-0.3, -0.25) is 4.57 Å². The zero-order valence-electron chi connectivity index (χ0n) is 13.3. The number of hydrogen-bond donors (Lipinski definition) is 3. The van der Waals surface area contributed by atoms with Crippen LogP contribution in [0.2, 0.25) is 25.7 Å². The maximum Gasteiger partial charge on any atom is 0.351 e. The zero-order valence-corrected chi connectivity index (χ0v) is 15.2. The van der Waals surface area contributed by atoms with E-state index in [2.05, 4.69) is 37.3 Å². The van der Waals surface area contributed by atoms with E-state index in [0.717, 1.165) is 12.5 Å². The lowest BCUT2D eigenvalue weighted by atomic mass is 9.97. The first kappa shape index (κ1) is 17.5. The third kappa shape index (κ3) is 3.92. The summed E-state index contributed by atoms with van der Waals surface area (Å²) < 4.78 is 7.31. The second-order valence-electron chi connectivity index (χ2n) is 7.04. The minimum absolute atomic E-state index is 0.132. The number of aromatic nitrogens is 2. The van der Waals surface area contributed by atoms with Gasteiger partial charge in [-0.1, -0.05) is 25.7 Å². The third-order valence-corrected chi connectivity index (χ3v) is 6.18. The quantitative estimate of drug-likeness (QED) is 0.555. The molecule has 0 unspecified atom stereocenters. The molecule has 0 spiro atoms. The van der Waals surface area contributed by atoms with Crippen LogP contribution in [0, 0.1) is 5.92 Å². The van der Waals surface area contributed by atoms with Gasteiger partial charge in [-0.15, -0.1) is 0 Å². The Morgan fingerprint density at radius 1 is 1.50 bits per heavy atom. The Labute approximate surface area is 137 Å². The minimum Gasteiger partial charge on any atom is -0.390 e. The Kier molecular flexibility index (Phi) is 5.36. The highest BCUT2D eigenvalue weighted by Gasteiger charge is 2.44. The maximum atomic E-state index is 12.1. The molecule has 0 amide bonds. The molecule has 2 rings (SSSR count). The summed E-state index contributed by atoms with van der Waals surface area (Å²) in [6, 6.07) is 2.63. The summed E-state index contributed by atoms with van der Waals surface area (Å²) >= 11 is 4.24. The molecule has 0 saturated carbocycles. The SMILES string of the molecule is C[Si](C)(C)CC[C@@H]1[C@H](O)[C@@H](CS)O[C@H]1n1ccc(N)nc1=O. The lowest BCUT2D eigenvalue weighted by molar-refractivity contribution is -0.0130. The van der Waals surface area contributed by atoms with Crippen LogP contribution < -0.4 is 11.4 Å². The van der Waals surface area contributed by atoms with Gasteiger partial charge in [-0.05, 0) is 12.5 Å². The summed E-state index contributed by atoms with van der Waals surface area (Å²) in [5.41, 5.74) is 5.09. The molecule has 0 bridgehead atoms. The lowest BCUT2D eigenvalue weighted by Gasteiger charge is -2.25. The van der Waals surface area contributed by atoms with Crippen molar-refractivity contribution in [3.63, 3.8) is 0 Å². The first-order valence-electron chi connectivity index (χ1n) is 7.52. The first-order chi connectivity index (χ1) is 10.2. The Hall–Kier alpha value is -0.833. The summed E-state index contributed by atoms with van der Waals surface area (Å²) in [7, 11) is -1.25. The van der Waals surface area contributed by atoms with Crippen molar-refractivity contribution in [2.24, 2.45) is 5.92 Å². The number of nitrogens with zero attached hydrogens (tertiary/aromatic N) is 2. The van der Waals surface area contributed by atoms with Crippen molar-refractivity contribution in [1.29, 1.82) is 0 Å². The Balaban J connectivity index is 2.27. The highest BCUT2D eigenvalue weighted by molar-refractivity contribution is 7.80. The molecule has 1 aromatic rings. The molecule has 2 heterocycles. The predicted molar refractivity (Wildman–Crippen MR) is 92.9 cm³/mol. The van der Waals surface area contributed by atoms with Crippen molar-refractivity contribution in [2.75, 3.05) is 11.5 Å². The van der Waals surface area contributed by atoms with Crippen molar-refractivity contribution in [2.45, 2.75) is 50.5 Å². The first-order valence-corrected chi connectivity index (χ1v) is 11.9. The summed E-state index contributed by atoms with van der Waals surface area (Å²) in [6.07, 6.45) is 0.907. The van der Waals surface area contributed by atoms with E-state index in [4.69, 9.17) is 10.5 Å². The molecule has 0 aromatic carbocycles. The van der Waals surface area contributed by atoms with E-state index in [1.165, 1.54) is 4.57 Å². The maximum absolute atomic E-state index is 12.1. The fourth-order valence-corrected chi connectivity index (χ4v) is 4.26. The van der Waals surface area contributed by atoms with Crippen molar-refractivity contribution < 1.29 is 9.84 Å². The molecule has 0 aliphatic carbocycles. The van der Waals surface area contributed by atoms with Crippen LogP contribution in [-0.2, 0) is 4.74 Å². The van der Waals surface area contributed by atoms with Gasteiger partial charge in [-0.2, -0.15) is 17.6 Å². The van der Waals surface area contributed by atoms with E-state index in [1.54, 1.807) is 12.3 Å². The van der Waals surface area contributed by atoms with Crippen molar-refractivity contribution in [3.05, 3.63) is 22.7 Å². The molecule has 4 atom stereocenters. The van der Waals surface area contributed by atoms with E-state index in [0.29, 0.717) is 5.75 Å². The molecule has 1 aliphatic heterocycles. The Bertz CT molecular complexity index is 575. The molecule has 8 heteroatoms. The Morgan fingerprint density at radius 2 is 2.18 bits per heavy atom. The molecule has 0 radical (unpaired) electrons. The molecule has 6 nitrogen and oxygen atoms in total. The van der Waals surface area contributed by atoms with Crippen LogP contribution in [0.5, 0.6) is 0 Å². The second kappa shape index (κ2) is 6.73. The van der Waals surface area contributed by atoms with Gasteiger partial charge in [-0.25, -0.2) is 4.79 Å². The molecule has 124 valence electrons. The van der Waals surface area contributed by atoms with E-state index in [1.807, 2.05) is 0 Å². The summed E-state index contributed by atoms with van der Waals surface area (Å²) in [5, 5.41) is 10.5. The minimum atomic E-state index is -1.25. The lowest BCUT2D eigenvalue weighted by Crippen LogP contribution is -2.33. The normalized spacial score (nSPS) is 29.0. The number of aliphatic hydroxyl groups excluding tert-OH is 1. The summed E-state index contributed by atoms with van der Waals surface area (Å²) in [6.45, 7) is 6.87. The fourth-order valence-electron chi connectivity index (χ4n) is 2.76. The van der Waals surface area contributed by atoms with Crippen LogP contribution in [-0.4, -0.2) is 40.7 Å². The molecular weight excluding hydrogens is 318 g/mol. The standard InChI is InChI=1S/C14H25N3O3SSi/c1-22(2,3)7-5-9-12(18)10(8-21)20-13(9)17-6-4-11(15)16-14(17)19/h4,6,9-10,12-13,18,21H,5,7-8H2,1-3H3,(H2,15,16,19)/t9-,10-,12+,13-/m1/s1. The smallest absolute Gasteiger partial charge is 0.351 e. The van der Waals surface area contributed by atoms with Gasteiger partial charge in [0.25, 0.3) is 0 Å². The number of ether oxygens (including phenoxy) is 1. The fraction of sp³-hybridized carbons (Fsp3) is 0.714. The average molecular weight is 344 g/mol. The van der Waals surface area contributed by atoms with Gasteiger partial charge < -0.3 is 15.6 Å². The summed E-state index contributed by atoms with van der Waals surface area (Å²) in [5.74, 6) is 0.467. The highest BCUT2D eigenvalue weighted by atomic mass is 32.1. The number of nitrogen functional groups attached to an aromatic ring is 1. The molecule has 1 fully saturated rings. The number of nitrogens with two attached hydrogens (primary N) is 1. The van der Waals surface area contributed by atoms with Gasteiger partial charge in [0.1, 0.15) is 12.0 Å². The van der Waals surface area contributed by atoms with Gasteiger partial charge in [0.05, 0.1) is 12.2 Å². The average Bonchev–Trinajstić information content (AvgIpc) is 2.72. The van der Waals surface area contributed by atoms with Gasteiger partial charge in [0, 0.05) is 25.9 Å². The monoisotopic (exact) mass is 343 g/mol. The van der Waals surface area contributed by atoms with Crippen molar-refractivity contribution in [3.8, 4) is 0 Å². The molecule has 1 saturated heterocycles. The summed E-state index contributed by atoms with van der Waals surface area (Å²) in [4.78, 5) is 15.8. The molecule has 1 aliphatic rings. The molecular formula is C14H25N3O3SSi. The predicted octanol–water partition coefficient (Wildman–Crippen LogP) is 1.36. The largest absolute Gasteiger partial charge is 0.390 e. The highest BCUT2D eigenvalue weighted by Crippen LogP contribution is 2.38. The van der Waals surface area contributed by atoms with E-state index in [9.17, 15) is 9.90 Å². The molecule has 3 N–H and O–H groups in total. The van der Waals surface area contributed by atoms with Crippen LogP contribution in [0.4, 0.5) is 5.82 Å². The van der Waals surface area contributed by atoms with Gasteiger partial charge in [0.15, 0.2) is 0 Å². The van der Waals surface area contributed by atoms with Gasteiger partial charge in [0.2, 0.25) is 0 Å². The van der Waals surface area contributed by atoms with Crippen LogP contribution in [0.25, 0.3) is 0 Å². The third-order valence-electron chi connectivity index (χ3n) is 4.03. The Morgan fingerprint density at radius 3 is 2.73 bits per heavy atom. The van der Waals surface area contributed by atoms with Crippen LogP contribution in [0.3, 0.4) is 0 Å². The topological polar surface area (TPSA) is 90.4 Å². The van der Waals surface area contributed by atoms with Crippen molar-refractivity contribution >= 4 is 26.5 Å². The van der Waals surface area contributed by atoms with Gasteiger partial charge >= 0.3 is 5.69 Å². The zero-order chi connectivity index (χ0) is 16.5. The number of hydrogen-bond acceptors (Lipinski definition) is 6. The number of rotatable bonds is 5. The molecule has 1 aromatic heterocycles. The second-order valence-corrected chi connectivity index (χ2v) is 13.0. The van der Waals surface area contributed by atoms with E-state index < -0.39 is 26.1 Å². The van der Waals surface area contributed by atoms with Crippen LogP contribution in [0.15, 0.2) is 17.1 Å². The van der Waals surface area contributed by atoms with E-state index in [-0.39, 0.29) is 17.8 Å². The number of thiol groups is 1. The van der Waals surface area contributed by atoms with Crippen molar-refractivity contribution in [1.82, 2.24) is 9.55 Å². The van der Waals surface area contributed by atoms with E-state index >= 15 is 0 Å². The number of anilines is 1.